The van der Waals surface area contributed by atoms with Crippen LogP contribution in [0.5, 0.6) is 0 Å². The molecule has 0 radical (unpaired) electrons. The molecular weight excluding hydrogens is 142 g/mol. The van der Waals surface area contributed by atoms with Crippen LogP contribution in [0, 0.1) is 5.92 Å². The number of aliphatic imine (C=N–C) groups is 1. The summed E-state index contributed by atoms with van der Waals surface area (Å²) in [6.45, 7) is 4.92. The third kappa shape index (κ3) is 4.61. The van der Waals surface area contributed by atoms with E-state index in [0.717, 1.165) is 12.8 Å². The van der Waals surface area contributed by atoms with Gasteiger partial charge in [0.2, 0.25) is 5.96 Å². The van der Waals surface area contributed by atoms with Gasteiger partial charge >= 0.3 is 0 Å². The lowest BCUT2D eigenvalue weighted by molar-refractivity contribution is 0.232. The number of hydroxylamine groups is 1. The number of hydrogen-bond acceptors (Lipinski definition) is 2. The Labute approximate surface area is 67.5 Å². The topological polar surface area (TPSA) is 70.6 Å². The minimum atomic E-state index is 0.0944. The van der Waals surface area contributed by atoms with Crippen LogP contribution in [0.3, 0.4) is 0 Å². The highest BCUT2D eigenvalue weighted by Crippen LogP contribution is 2.06. The Balaban J connectivity index is 3.65. The van der Waals surface area contributed by atoms with E-state index in [-0.39, 0.29) is 5.96 Å². The average Bonchev–Trinajstić information content (AvgIpc) is 2.06. The molecule has 0 saturated carbocycles. The largest absolute Gasteiger partial charge is 0.368 e. The fraction of sp³-hybridized carbons (Fsp3) is 0.857. The zero-order valence-corrected chi connectivity index (χ0v) is 7.17. The highest BCUT2D eigenvalue weighted by Gasteiger charge is 2.00. The van der Waals surface area contributed by atoms with Crippen molar-refractivity contribution in [1.29, 1.82) is 0 Å². The van der Waals surface area contributed by atoms with E-state index >= 15 is 0 Å². The molecule has 0 spiro atoms. The van der Waals surface area contributed by atoms with Crippen LogP contribution in [0.2, 0.25) is 0 Å². The second kappa shape index (κ2) is 5.97. The van der Waals surface area contributed by atoms with Crippen molar-refractivity contribution in [2.24, 2.45) is 16.6 Å². The highest BCUT2D eigenvalue weighted by molar-refractivity contribution is 5.76. The first-order chi connectivity index (χ1) is 5.24. The zero-order chi connectivity index (χ0) is 8.69. The van der Waals surface area contributed by atoms with Gasteiger partial charge in [-0.1, -0.05) is 26.7 Å². The van der Waals surface area contributed by atoms with Crippen LogP contribution < -0.4 is 11.2 Å². The minimum Gasteiger partial charge on any atom is -0.368 e. The third-order valence-corrected chi connectivity index (χ3v) is 1.79. The summed E-state index contributed by atoms with van der Waals surface area (Å²) in [7, 11) is 0. The highest BCUT2D eigenvalue weighted by atomic mass is 16.5. The van der Waals surface area contributed by atoms with Crippen LogP contribution in [0.25, 0.3) is 0 Å². The molecule has 0 bridgehead atoms. The molecule has 0 unspecified atom stereocenters. The SMILES string of the molecule is CCC(CC)CN=C(N)NO. The Morgan fingerprint density at radius 2 is 2.09 bits per heavy atom. The summed E-state index contributed by atoms with van der Waals surface area (Å²) >= 11 is 0. The predicted octanol–water partition coefficient (Wildman–Crippen LogP) is 0.716. The summed E-state index contributed by atoms with van der Waals surface area (Å²) in [4.78, 5) is 3.92. The molecule has 66 valence electrons. The summed E-state index contributed by atoms with van der Waals surface area (Å²) in [5.41, 5.74) is 7.02. The van der Waals surface area contributed by atoms with Gasteiger partial charge in [-0.15, -0.1) is 0 Å². The standard InChI is InChI=1S/C7H17N3O/c1-3-6(4-2)5-9-7(8)10-11/h6,11H,3-5H2,1-2H3,(H3,8,9,10). The number of hydrogen-bond donors (Lipinski definition) is 3. The summed E-state index contributed by atoms with van der Waals surface area (Å²) < 4.78 is 0. The number of rotatable bonds is 4. The Morgan fingerprint density at radius 1 is 1.55 bits per heavy atom. The van der Waals surface area contributed by atoms with Crippen LogP contribution in [-0.4, -0.2) is 17.7 Å². The molecule has 0 aromatic heterocycles. The molecule has 0 aromatic rings. The van der Waals surface area contributed by atoms with Crippen molar-refractivity contribution in [3.8, 4) is 0 Å². The van der Waals surface area contributed by atoms with Crippen molar-refractivity contribution in [3.63, 3.8) is 0 Å². The van der Waals surface area contributed by atoms with Crippen molar-refractivity contribution in [3.05, 3.63) is 0 Å². The number of guanidine groups is 1. The molecule has 0 aliphatic rings. The molecule has 0 saturated heterocycles. The second-order valence-corrected chi connectivity index (χ2v) is 2.52. The monoisotopic (exact) mass is 159 g/mol. The molecule has 0 heterocycles. The van der Waals surface area contributed by atoms with Gasteiger partial charge in [0, 0.05) is 6.54 Å². The smallest absolute Gasteiger partial charge is 0.212 e. The normalized spacial score (nSPS) is 12.2. The van der Waals surface area contributed by atoms with Gasteiger partial charge in [-0.3, -0.25) is 10.2 Å². The van der Waals surface area contributed by atoms with Gasteiger partial charge in [-0.05, 0) is 5.92 Å². The van der Waals surface area contributed by atoms with Gasteiger partial charge in [-0.25, -0.2) is 5.48 Å². The van der Waals surface area contributed by atoms with Crippen molar-refractivity contribution >= 4 is 5.96 Å². The molecule has 0 aromatic carbocycles. The van der Waals surface area contributed by atoms with Gasteiger partial charge in [0.05, 0.1) is 0 Å². The third-order valence-electron chi connectivity index (χ3n) is 1.79. The Bertz CT molecular complexity index is 121. The lowest BCUT2D eigenvalue weighted by Gasteiger charge is -2.08. The lowest BCUT2D eigenvalue weighted by Crippen LogP contribution is -2.29. The van der Waals surface area contributed by atoms with Crippen molar-refractivity contribution < 1.29 is 5.21 Å². The second-order valence-electron chi connectivity index (χ2n) is 2.52. The zero-order valence-electron chi connectivity index (χ0n) is 7.17. The first kappa shape index (κ1) is 10.2. The van der Waals surface area contributed by atoms with Crippen LogP contribution >= 0.6 is 0 Å². The van der Waals surface area contributed by atoms with E-state index in [2.05, 4.69) is 18.8 Å². The van der Waals surface area contributed by atoms with Crippen LogP contribution in [-0.2, 0) is 0 Å². The maximum absolute atomic E-state index is 8.29. The first-order valence-electron chi connectivity index (χ1n) is 3.94. The maximum atomic E-state index is 8.29. The van der Waals surface area contributed by atoms with Gasteiger partial charge in [0.25, 0.3) is 0 Å². The average molecular weight is 159 g/mol. The summed E-state index contributed by atoms with van der Waals surface area (Å²) in [5, 5.41) is 8.29. The van der Waals surface area contributed by atoms with E-state index < -0.39 is 0 Å². The minimum absolute atomic E-state index is 0.0944. The summed E-state index contributed by atoms with van der Waals surface area (Å²) in [5.74, 6) is 0.666. The molecular formula is C7H17N3O. The molecule has 0 rings (SSSR count). The van der Waals surface area contributed by atoms with Gasteiger partial charge in [0.1, 0.15) is 0 Å². The summed E-state index contributed by atoms with van der Waals surface area (Å²) in [6, 6.07) is 0. The van der Waals surface area contributed by atoms with E-state index in [1.807, 2.05) is 0 Å². The molecule has 11 heavy (non-hydrogen) atoms. The van der Waals surface area contributed by atoms with Gasteiger partial charge < -0.3 is 5.73 Å². The van der Waals surface area contributed by atoms with Crippen LogP contribution in [0.4, 0.5) is 0 Å². The Hall–Kier alpha value is -0.770. The Morgan fingerprint density at radius 3 is 2.45 bits per heavy atom. The molecule has 4 nitrogen and oxygen atoms in total. The van der Waals surface area contributed by atoms with Crippen molar-refractivity contribution in [2.75, 3.05) is 6.54 Å². The van der Waals surface area contributed by atoms with Crippen molar-refractivity contribution in [2.45, 2.75) is 26.7 Å². The number of nitrogens with zero attached hydrogens (tertiary/aromatic N) is 1. The molecule has 4 N–H and O–H groups in total. The first-order valence-corrected chi connectivity index (χ1v) is 3.94. The Kier molecular flexibility index (Phi) is 5.56. The molecule has 0 fully saturated rings. The summed E-state index contributed by atoms with van der Waals surface area (Å²) in [6.07, 6.45) is 2.19. The molecule has 0 amide bonds. The molecule has 4 heteroatoms. The number of nitrogens with two attached hydrogens (primary N) is 1. The number of nitrogens with one attached hydrogen (secondary N) is 1. The quantitative estimate of drug-likeness (QED) is 0.321. The molecule has 0 aliphatic carbocycles. The van der Waals surface area contributed by atoms with E-state index in [1.54, 1.807) is 5.48 Å². The van der Waals surface area contributed by atoms with E-state index in [9.17, 15) is 0 Å². The molecule has 0 aliphatic heterocycles. The van der Waals surface area contributed by atoms with Crippen molar-refractivity contribution in [1.82, 2.24) is 5.48 Å². The lowest BCUT2D eigenvalue weighted by atomic mass is 10.0. The maximum Gasteiger partial charge on any atom is 0.212 e. The van der Waals surface area contributed by atoms with E-state index in [4.69, 9.17) is 10.9 Å². The van der Waals surface area contributed by atoms with E-state index in [0.29, 0.717) is 12.5 Å². The van der Waals surface area contributed by atoms with Crippen LogP contribution in [0.1, 0.15) is 26.7 Å². The van der Waals surface area contributed by atoms with E-state index in [1.165, 1.54) is 0 Å². The van der Waals surface area contributed by atoms with Crippen LogP contribution in [0.15, 0.2) is 4.99 Å². The fourth-order valence-electron chi connectivity index (χ4n) is 0.810. The van der Waals surface area contributed by atoms with Gasteiger partial charge in [-0.2, -0.15) is 0 Å². The predicted molar refractivity (Wildman–Crippen MR) is 45.5 cm³/mol. The fourth-order valence-corrected chi connectivity index (χ4v) is 0.810. The van der Waals surface area contributed by atoms with Gasteiger partial charge in [0.15, 0.2) is 0 Å². The molecule has 0 atom stereocenters.